The monoisotopic (exact) mass is 363 g/mol. The third kappa shape index (κ3) is 6.12. The molecule has 0 fully saturated rings. The Hall–Kier alpha value is -2.53. The van der Waals surface area contributed by atoms with Gasteiger partial charge < -0.3 is 21.8 Å². The molecule has 134 valence electrons. The highest BCUT2D eigenvalue weighted by Gasteiger charge is 2.21. The first-order valence-electron chi connectivity index (χ1n) is 7.78. The number of primary amides is 1. The van der Waals surface area contributed by atoms with Crippen molar-refractivity contribution in [2.75, 3.05) is 10.6 Å². The third-order valence-corrected chi connectivity index (χ3v) is 3.58. The van der Waals surface area contributed by atoms with Crippen LogP contribution in [0, 0.1) is 28.5 Å². The zero-order chi connectivity index (χ0) is 19.1. The Morgan fingerprint density at radius 1 is 1.48 bits per heavy atom. The van der Waals surface area contributed by atoms with E-state index in [1.807, 2.05) is 19.9 Å². The molecule has 1 aromatic rings. The van der Waals surface area contributed by atoms with Crippen LogP contribution in [0.15, 0.2) is 12.1 Å². The van der Waals surface area contributed by atoms with E-state index in [1.165, 1.54) is 12.1 Å². The number of benzene rings is 1. The van der Waals surface area contributed by atoms with Crippen LogP contribution in [0.2, 0.25) is 0 Å². The Balaban J connectivity index is 3.16. The average molecular weight is 363 g/mol. The number of carbonyl (C=O) groups is 1. The molecule has 1 rings (SSSR count). The topological polar surface area (TPSA) is 115 Å². The van der Waals surface area contributed by atoms with Crippen LogP contribution in [0.25, 0.3) is 0 Å². The smallest absolute Gasteiger partial charge is 0.239 e. The van der Waals surface area contributed by atoms with E-state index >= 15 is 0 Å². The highest BCUT2D eigenvalue weighted by atomic mass is 32.1. The van der Waals surface area contributed by atoms with E-state index in [1.54, 1.807) is 6.92 Å². The fraction of sp³-hybridized carbons (Fsp3) is 0.412. The summed E-state index contributed by atoms with van der Waals surface area (Å²) >= 11 is 5.09. The molecular formula is C17H22FN5OS. The maximum absolute atomic E-state index is 14.8. The van der Waals surface area contributed by atoms with E-state index in [0.717, 1.165) is 0 Å². The number of thiocarbonyl (C=S) groups is 1. The van der Waals surface area contributed by atoms with Gasteiger partial charge in [-0.15, -0.1) is 0 Å². The normalized spacial score (nSPS) is 11.5. The van der Waals surface area contributed by atoms with Crippen LogP contribution in [-0.4, -0.2) is 22.6 Å². The summed E-state index contributed by atoms with van der Waals surface area (Å²) in [7, 11) is 0. The van der Waals surface area contributed by atoms with Crippen LogP contribution < -0.4 is 16.4 Å². The molecule has 1 amide bonds. The second kappa shape index (κ2) is 9.08. The number of nitrogens with one attached hydrogen (secondary N) is 3. The van der Waals surface area contributed by atoms with Crippen LogP contribution in [0.5, 0.6) is 0 Å². The molecule has 25 heavy (non-hydrogen) atoms. The predicted molar refractivity (Wildman–Crippen MR) is 101 cm³/mol. The summed E-state index contributed by atoms with van der Waals surface area (Å²) < 4.78 is 14.8. The van der Waals surface area contributed by atoms with Gasteiger partial charge in [0.05, 0.1) is 21.9 Å². The van der Waals surface area contributed by atoms with E-state index in [4.69, 9.17) is 23.4 Å². The van der Waals surface area contributed by atoms with Gasteiger partial charge in [0, 0.05) is 12.1 Å². The second-order valence-corrected chi connectivity index (χ2v) is 6.69. The fourth-order valence-corrected chi connectivity index (χ4v) is 2.55. The molecule has 0 radical (unpaired) electrons. The van der Waals surface area contributed by atoms with Crippen molar-refractivity contribution in [3.8, 4) is 6.07 Å². The number of nitrogens with two attached hydrogens (primary N) is 1. The first-order valence-corrected chi connectivity index (χ1v) is 8.18. The summed E-state index contributed by atoms with van der Waals surface area (Å²) in [5.74, 6) is -1.12. The molecule has 1 unspecified atom stereocenters. The number of hydrogen-bond acceptors (Lipinski definition) is 5. The Morgan fingerprint density at radius 3 is 2.60 bits per heavy atom. The molecular weight excluding hydrogens is 341 g/mol. The van der Waals surface area contributed by atoms with Gasteiger partial charge in [0.25, 0.3) is 0 Å². The molecule has 0 aliphatic heterocycles. The van der Waals surface area contributed by atoms with Crippen molar-refractivity contribution in [2.45, 2.75) is 39.7 Å². The van der Waals surface area contributed by atoms with Crippen molar-refractivity contribution in [2.24, 2.45) is 11.7 Å². The summed E-state index contributed by atoms with van der Waals surface area (Å²) in [4.78, 5) is 11.8. The van der Waals surface area contributed by atoms with Crippen molar-refractivity contribution < 1.29 is 9.18 Å². The molecule has 6 nitrogen and oxygen atoms in total. The van der Waals surface area contributed by atoms with Crippen LogP contribution in [0.3, 0.4) is 0 Å². The lowest BCUT2D eigenvalue weighted by molar-refractivity contribution is -0.119. The number of halogens is 1. The van der Waals surface area contributed by atoms with Gasteiger partial charge >= 0.3 is 0 Å². The van der Waals surface area contributed by atoms with Crippen molar-refractivity contribution in [3.63, 3.8) is 0 Å². The quantitative estimate of drug-likeness (QED) is 0.418. The minimum absolute atomic E-state index is 0.0559. The zero-order valence-electron chi connectivity index (χ0n) is 14.4. The number of carbonyl (C=O) groups excluding carboxylic acids is 1. The largest absolute Gasteiger partial charge is 0.371 e. The van der Waals surface area contributed by atoms with Gasteiger partial charge in [-0.1, -0.05) is 26.1 Å². The number of rotatable bonds is 8. The first kappa shape index (κ1) is 20.5. The molecule has 0 aliphatic carbocycles. The van der Waals surface area contributed by atoms with Crippen LogP contribution in [0.1, 0.15) is 39.2 Å². The summed E-state index contributed by atoms with van der Waals surface area (Å²) in [5.41, 5.74) is 5.75. The van der Waals surface area contributed by atoms with Gasteiger partial charge in [0.15, 0.2) is 5.82 Å². The van der Waals surface area contributed by atoms with Crippen LogP contribution >= 0.6 is 12.2 Å². The number of nitrogens with zero attached hydrogens (tertiary/aromatic N) is 1. The highest BCUT2D eigenvalue weighted by Crippen LogP contribution is 2.28. The highest BCUT2D eigenvalue weighted by molar-refractivity contribution is 7.80. The third-order valence-electron chi connectivity index (χ3n) is 3.33. The van der Waals surface area contributed by atoms with E-state index < -0.39 is 17.8 Å². The number of hydrogen-bond donors (Lipinski definition) is 4. The molecule has 8 heteroatoms. The summed E-state index contributed by atoms with van der Waals surface area (Å²) in [5, 5.41) is 22.1. The van der Waals surface area contributed by atoms with Gasteiger partial charge in [0.2, 0.25) is 5.91 Å². The summed E-state index contributed by atoms with van der Waals surface area (Å²) in [6.45, 7) is 5.44. The van der Waals surface area contributed by atoms with E-state index in [-0.39, 0.29) is 34.3 Å². The lowest BCUT2D eigenvalue weighted by Crippen LogP contribution is -2.36. The molecule has 1 aromatic carbocycles. The van der Waals surface area contributed by atoms with Gasteiger partial charge in [-0.25, -0.2) is 4.39 Å². The standard InChI is InChI=1S/C17H22FN5OS/c1-9(2)6-13(17(21)24)22-12-5-4-11(8-19)16(15(12)18)23-14(25)7-10(3)20/h4-5,9,13,20,22H,6-7H2,1-3H3,(H2,21,24)(H,23,25). The molecule has 0 saturated carbocycles. The van der Waals surface area contributed by atoms with Crippen molar-refractivity contribution in [1.82, 2.24) is 0 Å². The second-order valence-electron chi connectivity index (χ2n) is 6.20. The SMILES string of the molecule is CC(=N)CC(=S)Nc1c(C#N)ccc(NC(CC(C)C)C(N)=O)c1F. The Morgan fingerprint density at radius 2 is 2.12 bits per heavy atom. The predicted octanol–water partition coefficient (Wildman–Crippen LogP) is 3.18. The Bertz CT molecular complexity index is 726. The molecule has 0 aromatic heterocycles. The van der Waals surface area contributed by atoms with Crippen LogP contribution in [-0.2, 0) is 4.79 Å². The van der Waals surface area contributed by atoms with Gasteiger partial charge in [0.1, 0.15) is 12.1 Å². The lowest BCUT2D eigenvalue weighted by Gasteiger charge is -2.20. The summed E-state index contributed by atoms with van der Waals surface area (Å²) in [6.07, 6.45) is 0.609. The van der Waals surface area contributed by atoms with Crippen molar-refractivity contribution >= 4 is 40.2 Å². The molecule has 0 bridgehead atoms. The van der Waals surface area contributed by atoms with Gasteiger partial charge in [-0.3, -0.25) is 4.79 Å². The van der Waals surface area contributed by atoms with Gasteiger partial charge in [-0.05, 0) is 31.4 Å². The summed E-state index contributed by atoms with van der Waals surface area (Å²) in [6, 6.07) is 3.99. The fourth-order valence-electron chi connectivity index (χ4n) is 2.23. The van der Waals surface area contributed by atoms with Gasteiger partial charge in [-0.2, -0.15) is 5.26 Å². The Labute approximate surface area is 152 Å². The van der Waals surface area contributed by atoms with Crippen molar-refractivity contribution in [3.05, 3.63) is 23.5 Å². The first-order chi connectivity index (χ1) is 11.6. The average Bonchev–Trinajstić information content (AvgIpc) is 2.49. The minimum Gasteiger partial charge on any atom is -0.371 e. The van der Waals surface area contributed by atoms with Crippen LogP contribution in [0.4, 0.5) is 15.8 Å². The number of amides is 1. The van der Waals surface area contributed by atoms with Crippen molar-refractivity contribution in [1.29, 1.82) is 10.7 Å². The minimum atomic E-state index is -0.731. The molecule has 0 aliphatic rings. The zero-order valence-corrected chi connectivity index (χ0v) is 15.3. The van der Waals surface area contributed by atoms with E-state index in [0.29, 0.717) is 12.1 Å². The molecule has 0 spiro atoms. The van der Waals surface area contributed by atoms with E-state index in [9.17, 15) is 14.4 Å². The molecule has 0 saturated heterocycles. The number of anilines is 2. The Kier molecular flexibility index (Phi) is 7.45. The molecule has 5 N–H and O–H groups in total. The maximum atomic E-state index is 14.8. The molecule has 1 atom stereocenters. The lowest BCUT2D eigenvalue weighted by atomic mass is 10.0. The molecule has 0 heterocycles. The maximum Gasteiger partial charge on any atom is 0.239 e. The van der Waals surface area contributed by atoms with E-state index in [2.05, 4.69) is 10.6 Å². The number of nitriles is 1.